The van der Waals surface area contributed by atoms with Gasteiger partial charge in [-0.1, -0.05) is 0 Å². The Bertz CT molecular complexity index is 754. The van der Waals surface area contributed by atoms with Crippen molar-refractivity contribution in [2.75, 3.05) is 53.7 Å². The summed E-state index contributed by atoms with van der Waals surface area (Å²) in [7, 11) is 3.74. The van der Waals surface area contributed by atoms with Crippen LogP contribution < -0.4 is 20.1 Å². The molecule has 10 heteroatoms. The van der Waals surface area contributed by atoms with Crippen molar-refractivity contribution in [2.45, 2.75) is 6.23 Å². The van der Waals surface area contributed by atoms with E-state index in [1.165, 1.54) is 4.90 Å². The van der Waals surface area contributed by atoms with Gasteiger partial charge >= 0.3 is 11.8 Å². The van der Waals surface area contributed by atoms with Crippen LogP contribution >= 0.6 is 0 Å². The molecule has 1 aromatic rings. The van der Waals surface area contributed by atoms with Gasteiger partial charge < -0.3 is 34.6 Å². The quantitative estimate of drug-likeness (QED) is 0.598. The zero-order valence-corrected chi connectivity index (χ0v) is 15.9. The fraction of sp³-hybridized carbons (Fsp3) is 0.500. The van der Waals surface area contributed by atoms with Gasteiger partial charge in [-0.05, 0) is 32.3 Å². The first-order valence-electron chi connectivity index (χ1n) is 8.98. The van der Waals surface area contributed by atoms with Crippen LogP contribution in [0.5, 0.6) is 11.5 Å². The average molecular weight is 392 g/mol. The van der Waals surface area contributed by atoms with Crippen LogP contribution in [0.25, 0.3) is 0 Å². The predicted octanol–water partition coefficient (Wildman–Crippen LogP) is -0.992. The van der Waals surface area contributed by atoms with Crippen LogP contribution in [0, 0.1) is 0 Å². The molecule has 1 atom stereocenters. The summed E-state index contributed by atoms with van der Waals surface area (Å²) in [4.78, 5) is 39.9. The molecule has 1 saturated heterocycles. The number of amides is 3. The van der Waals surface area contributed by atoms with E-state index < -0.39 is 18.0 Å². The fourth-order valence-corrected chi connectivity index (χ4v) is 2.85. The molecule has 0 radical (unpaired) electrons. The minimum atomic E-state index is -0.760. The van der Waals surface area contributed by atoms with Crippen LogP contribution in [0.2, 0.25) is 0 Å². The van der Waals surface area contributed by atoms with Gasteiger partial charge in [-0.2, -0.15) is 0 Å². The largest absolute Gasteiger partial charge is 0.454 e. The Morgan fingerprint density at radius 1 is 1.14 bits per heavy atom. The fourth-order valence-electron chi connectivity index (χ4n) is 2.85. The maximum absolute atomic E-state index is 12.8. The molecule has 0 bridgehead atoms. The molecule has 3 rings (SSSR count). The van der Waals surface area contributed by atoms with Crippen molar-refractivity contribution in [3.05, 3.63) is 23.8 Å². The molecule has 0 aromatic heterocycles. The number of fused-ring (bicyclic) bond motifs is 1. The van der Waals surface area contributed by atoms with Crippen LogP contribution in [0.3, 0.4) is 0 Å². The Balaban J connectivity index is 1.52. The SMILES string of the molecule is CN(C)CCNC(=O)C(=O)NCC1OCCN1C(=O)c1ccc2c(c1)OCO2. The minimum Gasteiger partial charge on any atom is -0.454 e. The molecular formula is C18H24N4O6. The highest BCUT2D eigenvalue weighted by Gasteiger charge is 2.32. The summed E-state index contributed by atoms with van der Waals surface area (Å²) >= 11 is 0. The Morgan fingerprint density at radius 3 is 2.68 bits per heavy atom. The van der Waals surface area contributed by atoms with Gasteiger partial charge in [0, 0.05) is 25.2 Å². The molecule has 2 aliphatic rings. The Hall–Kier alpha value is -2.85. The van der Waals surface area contributed by atoms with Crippen molar-refractivity contribution in [2.24, 2.45) is 0 Å². The first-order chi connectivity index (χ1) is 13.5. The standard InChI is InChI=1S/C18H24N4O6/c1-21(2)6-5-19-16(23)17(24)20-10-15-22(7-8-26-15)18(25)12-3-4-13-14(9-12)28-11-27-13/h3-4,9,15H,5-8,10-11H2,1-2H3,(H,19,23)(H,20,24). The number of hydrogen-bond acceptors (Lipinski definition) is 7. The number of nitrogens with one attached hydrogen (secondary N) is 2. The van der Waals surface area contributed by atoms with Crippen molar-refractivity contribution in [3.8, 4) is 11.5 Å². The molecule has 2 heterocycles. The topological polar surface area (TPSA) is 109 Å². The lowest BCUT2D eigenvalue weighted by Gasteiger charge is -2.23. The van der Waals surface area contributed by atoms with Gasteiger partial charge in [-0.15, -0.1) is 0 Å². The average Bonchev–Trinajstić information content (AvgIpc) is 3.33. The summed E-state index contributed by atoms with van der Waals surface area (Å²) in [5.41, 5.74) is 0.438. The molecule has 2 aliphatic heterocycles. The maximum Gasteiger partial charge on any atom is 0.309 e. The van der Waals surface area contributed by atoms with Gasteiger partial charge in [0.25, 0.3) is 5.91 Å². The molecular weight excluding hydrogens is 368 g/mol. The third-order valence-electron chi connectivity index (χ3n) is 4.36. The number of hydrogen-bond donors (Lipinski definition) is 2. The number of benzene rings is 1. The zero-order chi connectivity index (χ0) is 20.1. The van der Waals surface area contributed by atoms with Crippen molar-refractivity contribution >= 4 is 17.7 Å². The summed E-state index contributed by atoms with van der Waals surface area (Å²) in [5.74, 6) is -0.604. The smallest absolute Gasteiger partial charge is 0.309 e. The number of ether oxygens (including phenoxy) is 3. The number of nitrogens with zero attached hydrogens (tertiary/aromatic N) is 2. The first kappa shape index (κ1) is 19.9. The molecule has 1 fully saturated rings. The van der Waals surface area contributed by atoms with Gasteiger partial charge in [-0.3, -0.25) is 14.4 Å². The monoisotopic (exact) mass is 392 g/mol. The second-order valence-corrected chi connectivity index (χ2v) is 6.66. The summed E-state index contributed by atoms with van der Waals surface area (Å²) in [6.45, 7) is 1.90. The summed E-state index contributed by atoms with van der Waals surface area (Å²) < 4.78 is 16.1. The third-order valence-corrected chi connectivity index (χ3v) is 4.36. The van der Waals surface area contributed by atoms with E-state index in [0.29, 0.717) is 43.3 Å². The van der Waals surface area contributed by atoms with E-state index >= 15 is 0 Å². The van der Waals surface area contributed by atoms with Crippen LogP contribution in [0.4, 0.5) is 0 Å². The zero-order valence-electron chi connectivity index (χ0n) is 15.9. The van der Waals surface area contributed by atoms with Gasteiger partial charge in [0.05, 0.1) is 13.2 Å². The van der Waals surface area contributed by atoms with Crippen LogP contribution in [-0.4, -0.2) is 87.4 Å². The molecule has 3 amide bonds. The highest BCUT2D eigenvalue weighted by Crippen LogP contribution is 2.33. The van der Waals surface area contributed by atoms with E-state index in [1.807, 2.05) is 19.0 Å². The van der Waals surface area contributed by atoms with E-state index in [-0.39, 0.29) is 19.2 Å². The van der Waals surface area contributed by atoms with Crippen molar-refractivity contribution in [3.63, 3.8) is 0 Å². The van der Waals surface area contributed by atoms with Crippen molar-refractivity contribution in [1.29, 1.82) is 0 Å². The number of carbonyl (C=O) groups excluding carboxylic acids is 3. The van der Waals surface area contributed by atoms with E-state index in [9.17, 15) is 14.4 Å². The summed E-state index contributed by atoms with van der Waals surface area (Å²) in [6, 6.07) is 4.96. The molecule has 1 aromatic carbocycles. The first-order valence-corrected chi connectivity index (χ1v) is 8.98. The molecule has 28 heavy (non-hydrogen) atoms. The molecule has 0 aliphatic carbocycles. The number of rotatable bonds is 6. The second kappa shape index (κ2) is 8.89. The van der Waals surface area contributed by atoms with Gasteiger partial charge in [0.1, 0.15) is 6.23 Å². The molecule has 10 nitrogen and oxygen atoms in total. The van der Waals surface area contributed by atoms with E-state index in [0.717, 1.165) is 0 Å². The maximum atomic E-state index is 12.8. The third kappa shape index (κ3) is 4.70. The van der Waals surface area contributed by atoms with Crippen LogP contribution in [0.15, 0.2) is 18.2 Å². The molecule has 152 valence electrons. The summed E-state index contributed by atoms with van der Waals surface area (Å²) in [6.07, 6.45) is -0.642. The highest BCUT2D eigenvalue weighted by molar-refractivity contribution is 6.35. The lowest BCUT2D eigenvalue weighted by Crippen LogP contribution is -2.48. The normalized spacial score (nSPS) is 17.7. The minimum absolute atomic E-state index is 0.0240. The van der Waals surface area contributed by atoms with Crippen LogP contribution in [0.1, 0.15) is 10.4 Å². The number of likely N-dealkylation sites (N-methyl/N-ethyl adjacent to an activating group) is 1. The lowest BCUT2D eigenvalue weighted by atomic mass is 10.1. The second-order valence-electron chi connectivity index (χ2n) is 6.66. The van der Waals surface area contributed by atoms with Gasteiger partial charge in [0.2, 0.25) is 6.79 Å². The van der Waals surface area contributed by atoms with Crippen LogP contribution in [-0.2, 0) is 14.3 Å². The Labute approximate surface area is 162 Å². The van der Waals surface area contributed by atoms with E-state index in [4.69, 9.17) is 14.2 Å². The highest BCUT2D eigenvalue weighted by atomic mass is 16.7. The molecule has 2 N–H and O–H groups in total. The lowest BCUT2D eigenvalue weighted by molar-refractivity contribution is -0.139. The summed E-state index contributed by atoms with van der Waals surface area (Å²) in [5, 5.41) is 5.05. The van der Waals surface area contributed by atoms with Gasteiger partial charge in [0.15, 0.2) is 11.5 Å². The number of carbonyl (C=O) groups is 3. The van der Waals surface area contributed by atoms with E-state index in [2.05, 4.69) is 10.6 Å². The molecule has 0 spiro atoms. The van der Waals surface area contributed by atoms with Gasteiger partial charge in [-0.25, -0.2) is 0 Å². The Kier molecular flexibility index (Phi) is 6.32. The van der Waals surface area contributed by atoms with E-state index in [1.54, 1.807) is 18.2 Å². The molecule has 0 saturated carbocycles. The molecule has 1 unspecified atom stereocenters. The Morgan fingerprint density at radius 2 is 1.89 bits per heavy atom. The van der Waals surface area contributed by atoms with Crippen molar-refractivity contribution in [1.82, 2.24) is 20.4 Å². The van der Waals surface area contributed by atoms with Crippen molar-refractivity contribution < 1.29 is 28.6 Å². The predicted molar refractivity (Wildman–Crippen MR) is 97.9 cm³/mol.